The van der Waals surface area contributed by atoms with Gasteiger partial charge in [-0.15, -0.1) is 0 Å². The molecule has 1 aromatic carbocycles. The Labute approximate surface area is 220 Å². The van der Waals surface area contributed by atoms with Crippen molar-refractivity contribution < 1.29 is 0 Å². The highest BCUT2D eigenvalue weighted by Crippen LogP contribution is 2.31. The summed E-state index contributed by atoms with van der Waals surface area (Å²) in [5.41, 5.74) is 12.6. The summed E-state index contributed by atoms with van der Waals surface area (Å²) in [6.07, 6.45) is 9.10. The zero-order valence-corrected chi connectivity index (χ0v) is 21.0. The van der Waals surface area contributed by atoms with Crippen molar-refractivity contribution in [3.63, 3.8) is 0 Å². The second kappa shape index (κ2) is 10.7. The van der Waals surface area contributed by atoms with E-state index >= 15 is 0 Å². The average molecular weight is 500 g/mol. The van der Waals surface area contributed by atoms with Gasteiger partial charge in [-0.1, -0.05) is 30.4 Å². The fraction of sp³-hybridized carbons (Fsp3) is 0.103. The van der Waals surface area contributed by atoms with Gasteiger partial charge in [0, 0.05) is 24.5 Å². The Morgan fingerprint density at radius 2 is 1.89 bits per heavy atom. The smallest absolute Gasteiger partial charge is 0.165 e. The lowest BCUT2D eigenvalue weighted by atomic mass is 10.1. The van der Waals surface area contributed by atoms with Crippen molar-refractivity contribution in [2.75, 3.05) is 11.1 Å². The van der Waals surface area contributed by atoms with Gasteiger partial charge in [-0.05, 0) is 61.4 Å². The number of nitrogen functional groups attached to an aromatic ring is 1. The maximum Gasteiger partial charge on any atom is 0.165 e. The van der Waals surface area contributed by atoms with Gasteiger partial charge in [0.15, 0.2) is 11.5 Å². The number of aromatic nitrogens is 6. The van der Waals surface area contributed by atoms with Crippen LogP contribution in [-0.2, 0) is 6.54 Å². The van der Waals surface area contributed by atoms with Gasteiger partial charge < -0.3 is 11.1 Å². The Balaban J connectivity index is 1.56. The predicted octanol–water partition coefficient (Wildman–Crippen LogP) is 5.32. The van der Waals surface area contributed by atoms with Crippen molar-refractivity contribution in [3.8, 4) is 23.1 Å². The van der Waals surface area contributed by atoms with Crippen LogP contribution in [0.5, 0.6) is 0 Å². The normalized spacial score (nSPS) is 11.7. The van der Waals surface area contributed by atoms with E-state index in [1.54, 1.807) is 12.3 Å². The van der Waals surface area contributed by atoms with Crippen LogP contribution in [0.15, 0.2) is 85.3 Å². The van der Waals surface area contributed by atoms with Gasteiger partial charge >= 0.3 is 0 Å². The molecule has 0 radical (unpaired) electrons. The zero-order valence-electron chi connectivity index (χ0n) is 21.0. The van der Waals surface area contributed by atoms with Crippen LogP contribution in [0.1, 0.15) is 30.8 Å². The third kappa shape index (κ3) is 4.83. The van der Waals surface area contributed by atoms with Crippen LogP contribution in [0.3, 0.4) is 0 Å². The monoisotopic (exact) mass is 499 g/mol. The van der Waals surface area contributed by atoms with E-state index in [1.807, 2.05) is 91.2 Å². The first-order valence-corrected chi connectivity index (χ1v) is 12.1. The number of hydrogen-bond donors (Lipinski definition) is 2. The van der Waals surface area contributed by atoms with Gasteiger partial charge in [-0.3, -0.25) is 4.57 Å². The minimum Gasteiger partial charge on any atom is -0.383 e. The molecule has 9 heteroatoms. The van der Waals surface area contributed by atoms with Crippen molar-refractivity contribution in [1.82, 2.24) is 29.5 Å². The molecular formula is C29H25N9. The Morgan fingerprint density at radius 3 is 2.63 bits per heavy atom. The predicted molar refractivity (Wildman–Crippen MR) is 149 cm³/mol. The summed E-state index contributed by atoms with van der Waals surface area (Å²) in [6.45, 7) is 4.51. The van der Waals surface area contributed by atoms with Crippen LogP contribution in [0.4, 0.5) is 11.6 Å². The highest BCUT2D eigenvalue weighted by Gasteiger charge is 2.18. The molecule has 9 nitrogen and oxygen atoms in total. The van der Waals surface area contributed by atoms with E-state index in [0.29, 0.717) is 29.7 Å². The number of hydrogen-bond acceptors (Lipinski definition) is 8. The summed E-state index contributed by atoms with van der Waals surface area (Å²) in [7, 11) is 0. The molecule has 186 valence electrons. The quantitative estimate of drug-likeness (QED) is 0.288. The minimum absolute atomic E-state index is 0.314. The number of imidazole rings is 1. The highest BCUT2D eigenvalue weighted by atomic mass is 15.1. The minimum atomic E-state index is 0.314. The van der Waals surface area contributed by atoms with Gasteiger partial charge in [-0.25, -0.2) is 24.9 Å². The molecule has 4 heterocycles. The number of rotatable bonds is 7. The molecule has 0 unspecified atom stereocenters. The average Bonchev–Trinajstić information content (AvgIpc) is 3.34. The lowest BCUT2D eigenvalue weighted by Crippen LogP contribution is -2.04. The van der Waals surface area contributed by atoms with Crippen molar-refractivity contribution in [1.29, 1.82) is 5.26 Å². The van der Waals surface area contributed by atoms with E-state index in [4.69, 9.17) is 21.0 Å². The zero-order chi connectivity index (χ0) is 26.5. The summed E-state index contributed by atoms with van der Waals surface area (Å²) in [4.78, 5) is 22.2. The SMILES string of the molecule is C/C=C/C(=C\C)c1ccc2nc(-c3cccnc3N)n(-c3ccc(CNc4cc(C#N)ncn4)cc3)c2n1. The van der Waals surface area contributed by atoms with E-state index in [2.05, 4.69) is 20.3 Å². The van der Waals surface area contributed by atoms with Crippen molar-refractivity contribution in [2.24, 2.45) is 0 Å². The summed E-state index contributed by atoms with van der Waals surface area (Å²) in [5.74, 6) is 1.65. The summed E-state index contributed by atoms with van der Waals surface area (Å²) >= 11 is 0. The second-order valence-corrected chi connectivity index (χ2v) is 8.41. The van der Waals surface area contributed by atoms with E-state index in [1.165, 1.54) is 6.33 Å². The van der Waals surface area contributed by atoms with Crippen LogP contribution in [-0.4, -0.2) is 29.5 Å². The maximum atomic E-state index is 9.05. The van der Waals surface area contributed by atoms with E-state index in [0.717, 1.165) is 39.2 Å². The fourth-order valence-electron chi connectivity index (χ4n) is 4.13. The number of fused-ring (bicyclic) bond motifs is 1. The van der Waals surface area contributed by atoms with Gasteiger partial charge in [0.2, 0.25) is 0 Å². The molecule has 0 saturated heterocycles. The molecular weight excluding hydrogens is 474 g/mol. The summed E-state index contributed by atoms with van der Waals surface area (Å²) in [5, 5.41) is 12.3. The number of nitriles is 1. The molecule has 5 rings (SSSR count). The Bertz CT molecular complexity index is 1710. The molecule has 0 aliphatic rings. The maximum absolute atomic E-state index is 9.05. The van der Waals surface area contributed by atoms with Crippen LogP contribution in [0.25, 0.3) is 33.8 Å². The second-order valence-electron chi connectivity index (χ2n) is 8.41. The number of nitrogens with zero attached hydrogens (tertiary/aromatic N) is 7. The highest BCUT2D eigenvalue weighted by molar-refractivity contribution is 5.85. The molecule has 0 spiro atoms. The van der Waals surface area contributed by atoms with Crippen molar-refractivity contribution in [3.05, 3.63) is 102 Å². The van der Waals surface area contributed by atoms with Crippen LogP contribution < -0.4 is 11.1 Å². The van der Waals surface area contributed by atoms with Crippen molar-refractivity contribution >= 4 is 28.4 Å². The largest absolute Gasteiger partial charge is 0.383 e. The number of anilines is 2. The number of nitrogens with two attached hydrogens (primary N) is 1. The number of pyridine rings is 2. The first-order valence-electron chi connectivity index (χ1n) is 12.1. The molecule has 0 aliphatic carbocycles. The molecule has 38 heavy (non-hydrogen) atoms. The molecule has 0 aliphatic heterocycles. The van der Waals surface area contributed by atoms with Gasteiger partial charge in [0.05, 0.1) is 11.3 Å². The van der Waals surface area contributed by atoms with E-state index in [-0.39, 0.29) is 0 Å². The lowest BCUT2D eigenvalue weighted by Gasteiger charge is -2.12. The molecule has 3 N–H and O–H groups in total. The first kappa shape index (κ1) is 24.3. The Hall–Kier alpha value is -5.36. The molecule has 0 saturated carbocycles. The third-order valence-electron chi connectivity index (χ3n) is 5.99. The molecule has 4 aromatic heterocycles. The molecule has 0 bridgehead atoms. The van der Waals surface area contributed by atoms with Crippen LogP contribution >= 0.6 is 0 Å². The van der Waals surface area contributed by atoms with Gasteiger partial charge in [0.25, 0.3) is 0 Å². The van der Waals surface area contributed by atoms with Gasteiger partial charge in [-0.2, -0.15) is 5.26 Å². The van der Waals surface area contributed by atoms with E-state index < -0.39 is 0 Å². The first-order chi connectivity index (χ1) is 18.6. The summed E-state index contributed by atoms with van der Waals surface area (Å²) < 4.78 is 2.01. The number of benzene rings is 1. The standard InChI is InChI=1S/C29H25N9/c1-3-6-20(4-2)24-12-13-25-29(36-24)38(28(37-25)23-7-5-14-32-27(23)31)22-10-8-19(9-11-22)17-33-26-15-21(16-30)34-18-35-26/h3-15,18H,17H2,1-2H3,(H2,31,32)(H,33,34,35)/b6-3+,20-4+. The number of allylic oxidation sites excluding steroid dienone is 4. The van der Waals surface area contributed by atoms with Crippen LogP contribution in [0, 0.1) is 11.3 Å². The van der Waals surface area contributed by atoms with Crippen LogP contribution in [0.2, 0.25) is 0 Å². The Morgan fingerprint density at radius 1 is 1.05 bits per heavy atom. The number of nitrogens with one attached hydrogen (secondary N) is 1. The van der Waals surface area contributed by atoms with E-state index in [9.17, 15) is 0 Å². The third-order valence-corrected chi connectivity index (χ3v) is 5.99. The molecule has 0 atom stereocenters. The lowest BCUT2D eigenvalue weighted by molar-refractivity contribution is 1.05. The fourth-order valence-corrected chi connectivity index (χ4v) is 4.13. The molecule has 0 fully saturated rings. The van der Waals surface area contributed by atoms with Crippen molar-refractivity contribution in [2.45, 2.75) is 20.4 Å². The summed E-state index contributed by atoms with van der Waals surface area (Å²) in [6, 6.07) is 19.4. The molecule has 5 aromatic rings. The topological polar surface area (TPSA) is 131 Å². The molecule has 0 amide bonds. The van der Waals surface area contributed by atoms with Gasteiger partial charge in [0.1, 0.15) is 35.2 Å². The Kier molecular flexibility index (Phi) is 6.87.